The Labute approximate surface area is 183 Å². The number of hydrogen-bond acceptors (Lipinski definition) is 4. The fourth-order valence-electron chi connectivity index (χ4n) is 3.22. The van der Waals surface area contributed by atoms with Gasteiger partial charge in [-0.25, -0.2) is 0 Å². The van der Waals surface area contributed by atoms with Gasteiger partial charge in [0, 0.05) is 16.9 Å². The largest absolute Gasteiger partial charge is 0.496 e. The average Bonchev–Trinajstić information content (AvgIpc) is 3.46. The molecule has 0 spiro atoms. The lowest BCUT2D eigenvalue weighted by Gasteiger charge is -2.13. The molecule has 1 fully saturated rings. The lowest BCUT2D eigenvalue weighted by atomic mass is 10.1. The number of para-hydroxylation sites is 1. The molecule has 2 N–H and O–H groups in total. The van der Waals surface area contributed by atoms with Gasteiger partial charge in [-0.05, 0) is 43.0 Å². The van der Waals surface area contributed by atoms with Crippen LogP contribution in [0.4, 0.5) is 0 Å². The van der Waals surface area contributed by atoms with Crippen LogP contribution < -0.4 is 10.1 Å². The van der Waals surface area contributed by atoms with Crippen LogP contribution in [0.1, 0.15) is 31.2 Å². The smallest absolute Gasteiger partial charge is 0.305 e. The van der Waals surface area contributed by atoms with Gasteiger partial charge in [0.1, 0.15) is 5.75 Å². The van der Waals surface area contributed by atoms with Crippen LogP contribution in [0.15, 0.2) is 46.2 Å². The molecule has 2 aromatic rings. The first-order chi connectivity index (χ1) is 13.8. The van der Waals surface area contributed by atoms with E-state index in [-0.39, 0.29) is 24.2 Å². The zero-order chi connectivity index (χ0) is 21.1. The van der Waals surface area contributed by atoms with E-state index in [2.05, 4.69) is 5.32 Å². The average molecular weight is 454 g/mol. The summed E-state index contributed by atoms with van der Waals surface area (Å²) in [5.41, 5.74) is 0.840. The van der Waals surface area contributed by atoms with Gasteiger partial charge in [-0.2, -0.15) is 0 Å². The van der Waals surface area contributed by atoms with Crippen molar-refractivity contribution in [2.24, 2.45) is 5.92 Å². The monoisotopic (exact) mass is 453 g/mol. The molecule has 5 nitrogen and oxygen atoms in total. The van der Waals surface area contributed by atoms with E-state index in [1.165, 1.54) is 11.8 Å². The van der Waals surface area contributed by atoms with Crippen molar-refractivity contribution < 1.29 is 19.4 Å². The van der Waals surface area contributed by atoms with E-state index in [0.717, 1.165) is 21.1 Å². The van der Waals surface area contributed by atoms with Gasteiger partial charge in [-0.3, -0.25) is 9.59 Å². The van der Waals surface area contributed by atoms with Gasteiger partial charge < -0.3 is 15.2 Å². The van der Waals surface area contributed by atoms with Crippen LogP contribution >= 0.6 is 35.0 Å². The van der Waals surface area contributed by atoms with Gasteiger partial charge in [-0.15, -0.1) is 0 Å². The number of nitrogens with one attached hydrogen (secondary N) is 1. The van der Waals surface area contributed by atoms with Crippen molar-refractivity contribution in [3.63, 3.8) is 0 Å². The number of rotatable bonds is 8. The molecule has 8 heteroatoms. The van der Waals surface area contributed by atoms with Crippen LogP contribution in [0.5, 0.6) is 5.75 Å². The second-order valence-corrected chi connectivity index (χ2v) is 8.83. The fourth-order valence-corrected chi connectivity index (χ4v) is 4.84. The van der Waals surface area contributed by atoms with Crippen molar-refractivity contribution in [3.05, 3.63) is 52.0 Å². The number of carboxylic acid groups (broad SMARTS) is 1. The van der Waals surface area contributed by atoms with Gasteiger partial charge in [-0.1, -0.05) is 53.2 Å². The zero-order valence-electron chi connectivity index (χ0n) is 15.9. The Bertz CT molecular complexity index is 937. The maximum atomic E-state index is 12.4. The predicted molar refractivity (Wildman–Crippen MR) is 114 cm³/mol. The highest BCUT2D eigenvalue weighted by atomic mass is 35.5. The van der Waals surface area contributed by atoms with Crippen molar-refractivity contribution in [2.45, 2.75) is 41.5 Å². The molecule has 1 aliphatic carbocycles. The zero-order valence-corrected chi connectivity index (χ0v) is 18.3. The van der Waals surface area contributed by atoms with Crippen molar-refractivity contribution in [1.29, 1.82) is 0 Å². The summed E-state index contributed by atoms with van der Waals surface area (Å²) in [6, 6.07) is 11.0. The summed E-state index contributed by atoms with van der Waals surface area (Å²) in [5.74, 6) is -0.565. The third-order valence-electron chi connectivity index (χ3n) is 4.76. The predicted octanol–water partition coefficient (Wildman–Crippen LogP) is 5.24. The summed E-state index contributed by atoms with van der Waals surface area (Å²) in [6.45, 7) is 1.68. The highest BCUT2D eigenvalue weighted by Crippen LogP contribution is 2.52. The normalized spacial score (nSPS) is 18.8. The maximum absolute atomic E-state index is 12.4. The number of carbonyl (C=O) groups excluding carboxylic acids is 1. The summed E-state index contributed by atoms with van der Waals surface area (Å²) in [5, 5.41) is 12.5. The Hall–Kier alpha value is -1.89. The third-order valence-corrected chi connectivity index (χ3v) is 6.89. The van der Waals surface area contributed by atoms with Crippen LogP contribution in [0.3, 0.4) is 0 Å². The molecule has 3 rings (SSSR count). The van der Waals surface area contributed by atoms with Gasteiger partial charge in [0.15, 0.2) is 0 Å². The summed E-state index contributed by atoms with van der Waals surface area (Å²) in [6.07, 6.45) is 0.561. The van der Waals surface area contributed by atoms with E-state index in [9.17, 15) is 9.59 Å². The van der Waals surface area contributed by atoms with Crippen molar-refractivity contribution in [1.82, 2.24) is 5.32 Å². The van der Waals surface area contributed by atoms with E-state index < -0.39 is 12.0 Å². The van der Waals surface area contributed by atoms with Crippen LogP contribution in [0.2, 0.25) is 10.0 Å². The van der Waals surface area contributed by atoms with E-state index in [1.54, 1.807) is 14.0 Å². The van der Waals surface area contributed by atoms with Crippen molar-refractivity contribution in [3.8, 4) is 5.75 Å². The van der Waals surface area contributed by atoms with Gasteiger partial charge in [0.05, 0.1) is 28.5 Å². The lowest BCUT2D eigenvalue weighted by Crippen LogP contribution is -2.35. The number of methoxy groups -OCH3 is 1. The molecular formula is C21H21Cl2NO4S. The van der Waals surface area contributed by atoms with E-state index in [4.69, 9.17) is 33.0 Å². The molecule has 0 saturated heterocycles. The highest BCUT2D eigenvalue weighted by Gasteiger charge is 2.45. The molecule has 0 bridgehead atoms. The summed E-state index contributed by atoms with van der Waals surface area (Å²) in [4.78, 5) is 24.8. The van der Waals surface area contributed by atoms with Gasteiger partial charge in [0.2, 0.25) is 5.91 Å². The van der Waals surface area contributed by atoms with Crippen LogP contribution in [0, 0.1) is 5.92 Å². The molecule has 1 saturated carbocycles. The van der Waals surface area contributed by atoms with Crippen LogP contribution in [-0.2, 0) is 9.59 Å². The minimum Gasteiger partial charge on any atom is -0.496 e. The molecule has 0 heterocycles. The number of halogens is 2. The molecule has 3 unspecified atom stereocenters. The second-order valence-electron chi connectivity index (χ2n) is 6.99. The van der Waals surface area contributed by atoms with E-state index >= 15 is 0 Å². The SMILES string of the molecule is COc1ccccc1Sc1ccc(C2CC2C(=O)NC(C)CC(=O)O)c(Cl)c1Cl. The number of hydrogen-bond donors (Lipinski definition) is 2. The molecule has 1 amide bonds. The topological polar surface area (TPSA) is 75.6 Å². The number of benzene rings is 2. The Morgan fingerprint density at radius 3 is 2.62 bits per heavy atom. The molecule has 0 radical (unpaired) electrons. The minimum atomic E-state index is -0.942. The molecule has 2 aromatic carbocycles. The Kier molecular flexibility index (Phi) is 6.98. The Morgan fingerprint density at radius 2 is 1.93 bits per heavy atom. The molecule has 29 heavy (non-hydrogen) atoms. The van der Waals surface area contributed by atoms with Crippen LogP contribution in [-0.4, -0.2) is 30.1 Å². The quantitative estimate of drug-likeness (QED) is 0.571. The first kappa shape index (κ1) is 21.8. The fraction of sp³-hybridized carbons (Fsp3) is 0.333. The second kappa shape index (κ2) is 9.28. The van der Waals surface area contributed by atoms with Gasteiger partial charge >= 0.3 is 5.97 Å². The molecule has 154 valence electrons. The van der Waals surface area contributed by atoms with E-state index in [0.29, 0.717) is 16.5 Å². The first-order valence-electron chi connectivity index (χ1n) is 9.12. The van der Waals surface area contributed by atoms with E-state index in [1.807, 2.05) is 36.4 Å². The number of carbonyl (C=O) groups is 2. The number of carboxylic acids is 1. The molecule has 1 aliphatic rings. The number of aliphatic carboxylic acids is 1. The Morgan fingerprint density at radius 1 is 1.21 bits per heavy atom. The number of ether oxygens (including phenoxy) is 1. The molecular weight excluding hydrogens is 433 g/mol. The molecule has 0 aliphatic heterocycles. The molecule has 3 atom stereocenters. The Balaban J connectivity index is 1.71. The highest BCUT2D eigenvalue weighted by molar-refractivity contribution is 7.99. The standard InChI is InChI=1S/C21H21Cl2NO4S/c1-11(9-18(25)26)24-21(27)14-10-13(14)12-7-8-17(20(23)19(12)22)29-16-6-4-3-5-15(16)28-2/h3-8,11,13-14H,9-10H2,1-2H3,(H,24,27)(H,25,26). The summed E-state index contributed by atoms with van der Waals surface area (Å²) >= 11 is 14.5. The van der Waals surface area contributed by atoms with Gasteiger partial charge in [0.25, 0.3) is 0 Å². The third kappa shape index (κ3) is 5.18. The first-order valence-corrected chi connectivity index (χ1v) is 10.7. The maximum Gasteiger partial charge on any atom is 0.305 e. The van der Waals surface area contributed by atoms with Crippen molar-refractivity contribution >= 4 is 46.8 Å². The van der Waals surface area contributed by atoms with Crippen molar-refractivity contribution in [2.75, 3.05) is 7.11 Å². The summed E-state index contributed by atoms with van der Waals surface area (Å²) < 4.78 is 5.38. The number of amides is 1. The lowest BCUT2D eigenvalue weighted by molar-refractivity contribution is -0.137. The minimum absolute atomic E-state index is 0.0117. The molecule has 0 aromatic heterocycles. The van der Waals surface area contributed by atoms with Crippen LogP contribution in [0.25, 0.3) is 0 Å². The summed E-state index contributed by atoms with van der Waals surface area (Å²) in [7, 11) is 1.62.